The third kappa shape index (κ3) is 3.01. The Hall–Kier alpha value is -2.04. The molecule has 3 N–H and O–H groups in total. The number of rotatable bonds is 3. The lowest BCUT2D eigenvalue weighted by atomic mass is 9.95. The summed E-state index contributed by atoms with van der Waals surface area (Å²) in [4.78, 5) is 18.2. The van der Waals surface area contributed by atoms with Gasteiger partial charge >= 0.3 is 0 Å². The van der Waals surface area contributed by atoms with Gasteiger partial charge in [0.1, 0.15) is 0 Å². The summed E-state index contributed by atoms with van der Waals surface area (Å²) < 4.78 is 0. The van der Waals surface area contributed by atoms with Crippen LogP contribution in [0.1, 0.15) is 35.7 Å². The average molecular weight is 286 g/mol. The van der Waals surface area contributed by atoms with E-state index in [-0.39, 0.29) is 5.91 Å². The SMILES string of the molecule is CC1CCC2CN=C(NCc3cccc(C(N)=O)c3)N2C1. The minimum absolute atomic E-state index is 0.389. The summed E-state index contributed by atoms with van der Waals surface area (Å²) in [5.41, 5.74) is 6.90. The maximum atomic E-state index is 11.2. The molecular weight excluding hydrogens is 264 g/mol. The zero-order valence-corrected chi connectivity index (χ0v) is 12.4. The van der Waals surface area contributed by atoms with Crippen molar-refractivity contribution in [2.45, 2.75) is 32.4 Å². The summed E-state index contributed by atoms with van der Waals surface area (Å²) >= 11 is 0. The van der Waals surface area contributed by atoms with Gasteiger partial charge in [-0.15, -0.1) is 0 Å². The summed E-state index contributed by atoms with van der Waals surface area (Å²) in [6, 6.07) is 7.99. The Bertz CT molecular complexity index is 569. The van der Waals surface area contributed by atoms with Gasteiger partial charge in [-0.2, -0.15) is 0 Å². The van der Waals surface area contributed by atoms with E-state index in [1.807, 2.05) is 18.2 Å². The van der Waals surface area contributed by atoms with Crippen LogP contribution in [0.25, 0.3) is 0 Å². The number of guanidine groups is 1. The van der Waals surface area contributed by atoms with Crippen molar-refractivity contribution < 1.29 is 4.79 Å². The standard InChI is InChI=1S/C16H22N4O/c1-11-5-6-14-9-19-16(20(14)10-11)18-8-12-3-2-4-13(7-12)15(17)21/h2-4,7,11,14H,5-6,8-10H2,1H3,(H2,17,21)(H,18,19). The number of hydrogen-bond acceptors (Lipinski definition) is 4. The molecule has 2 heterocycles. The maximum absolute atomic E-state index is 11.2. The van der Waals surface area contributed by atoms with Crippen molar-refractivity contribution in [3.8, 4) is 0 Å². The number of carbonyl (C=O) groups is 1. The fraction of sp³-hybridized carbons (Fsp3) is 0.500. The van der Waals surface area contributed by atoms with Gasteiger partial charge in [0.2, 0.25) is 5.91 Å². The van der Waals surface area contributed by atoms with Crippen molar-refractivity contribution in [1.82, 2.24) is 10.2 Å². The van der Waals surface area contributed by atoms with Crippen LogP contribution >= 0.6 is 0 Å². The molecule has 2 atom stereocenters. The van der Waals surface area contributed by atoms with E-state index in [2.05, 4.69) is 22.1 Å². The van der Waals surface area contributed by atoms with Gasteiger partial charge in [-0.3, -0.25) is 9.79 Å². The van der Waals surface area contributed by atoms with Crippen LogP contribution in [0.5, 0.6) is 0 Å². The molecule has 0 radical (unpaired) electrons. The van der Waals surface area contributed by atoms with Crippen LogP contribution in [0.2, 0.25) is 0 Å². The van der Waals surface area contributed by atoms with Crippen LogP contribution in [-0.4, -0.2) is 35.9 Å². The van der Waals surface area contributed by atoms with Gasteiger partial charge in [-0.1, -0.05) is 19.1 Å². The Labute approximate surface area is 125 Å². The van der Waals surface area contributed by atoms with Crippen LogP contribution < -0.4 is 11.1 Å². The molecule has 0 aliphatic carbocycles. The first kappa shape index (κ1) is 13.9. The number of nitrogens with one attached hydrogen (secondary N) is 1. The fourth-order valence-corrected chi connectivity index (χ4v) is 3.11. The molecule has 112 valence electrons. The lowest BCUT2D eigenvalue weighted by Crippen LogP contribution is -2.48. The van der Waals surface area contributed by atoms with Gasteiger partial charge in [-0.25, -0.2) is 0 Å². The molecule has 1 aromatic carbocycles. The Morgan fingerprint density at radius 3 is 3.14 bits per heavy atom. The number of piperidine rings is 1. The number of nitrogens with two attached hydrogens (primary N) is 1. The molecule has 2 unspecified atom stereocenters. The summed E-state index contributed by atoms with van der Waals surface area (Å²) in [6.07, 6.45) is 2.53. The Morgan fingerprint density at radius 2 is 2.33 bits per heavy atom. The van der Waals surface area contributed by atoms with Gasteiger partial charge < -0.3 is 16.0 Å². The largest absolute Gasteiger partial charge is 0.366 e. The topological polar surface area (TPSA) is 70.7 Å². The van der Waals surface area contributed by atoms with Crippen molar-refractivity contribution in [2.24, 2.45) is 16.6 Å². The van der Waals surface area contributed by atoms with Gasteiger partial charge in [-0.05, 0) is 36.5 Å². The summed E-state index contributed by atoms with van der Waals surface area (Å²) in [7, 11) is 0. The van der Waals surface area contributed by atoms with E-state index in [0.717, 1.165) is 30.5 Å². The molecule has 0 spiro atoms. The molecule has 1 saturated heterocycles. The third-order valence-electron chi connectivity index (χ3n) is 4.33. The molecule has 2 aliphatic heterocycles. The second-order valence-corrected chi connectivity index (χ2v) is 6.07. The fourth-order valence-electron chi connectivity index (χ4n) is 3.11. The van der Waals surface area contributed by atoms with E-state index in [1.165, 1.54) is 12.8 Å². The highest BCUT2D eigenvalue weighted by Gasteiger charge is 2.32. The normalized spacial score (nSPS) is 24.4. The molecule has 3 rings (SSSR count). The second kappa shape index (κ2) is 5.76. The van der Waals surface area contributed by atoms with Crippen molar-refractivity contribution in [2.75, 3.05) is 13.1 Å². The lowest BCUT2D eigenvalue weighted by molar-refractivity contribution is 0.1000. The van der Waals surface area contributed by atoms with Crippen molar-refractivity contribution in [3.05, 3.63) is 35.4 Å². The number of hydrogen-bond donors (Lipinski definition) is 2. The van der Waals surface area contributed by atoms with Crippen LogP contribution in [0.4, 0.5) is 0 Å². The monoisotopic (exact) mass is 286 g/mol. The molecule has 1 fully saturated rings. The lowest BCUT2D eigenvalue weighted by Gasteiger charge is -2.35. The zero-order valence-electron chi connectivity index (χ0n) is 12.4. The summed E-state index contributed by atoms with van der Waals surface area (Å²) in [6.45, 7) is 4.94. The first-order valence-electron chi connectivity index (χ1n) is 7.57. The average Bonchev–Trinajstić information content (AvgIpc) is 2.87. The zero-order chi connectivity index (χ0) is 14.8. The molecule has 5 heteroatoms. The number of nitrogens with zero attached hydrogens (tertiary/aromatic N) is 2. The number of fused-ring (bicyclic) bond motifs is 1. The number of aliphatic imine (C=N–C) groups is 1. The van der Waals surface area contributed by atoms with Crippen LogP contribution in [0.3, 0.4) is 0 Å². The molecule has 0 saturated carbocycles. The molecular formula is C16H22N4O. The third-order valence-corrected chi connectivity index (χ3v) is 4.33. The minimum Gasteiger partial charge on any atom is -0.366 e. The molecule has 1 amide bonds. The smallest absolute Gasteiger partial charge is 0.248 e. The minimum atomic E-state index is -0.389. The predicted octanol–water partition coefficient (Wildman–Crippen LogP) is 1.35. The summed E-state index contributed by atoms with van der Waals surface area (Å²) in [5, 5.41) is 3.41. The van der Waals surface area contributed by atoms with E-state index in [0.29, 0.717) is 18.2 Å². The quantitative estimate of drug-likeness (QED) is 0.881. The van der Waals surface area contributed by atoms with Crippen molar-refractivity contribution >= 4 is 11.9 Å². The molecule has 21 heavy (non-hydrogen) atoms. The number of carbonyl (C=O) groups excluding carboxylic acids is 1. The first-order valence-corrected chi connectivity index (χ1v) is 7.57. The predicted molar refractivity (Wildman–Crippen MR) is 83.0 cm³/mol. The van der Waals surface area contributed by atoms with Gasteiger partial charge in [0.25, 0.3) is 0 Å². The molecule has 2 aliphatic rings. The molecule has 0 bridgehead atoms. The highest BCUT2D eigenvalue weighted by Crippen LogP contribution is 2.25. The second-order valence-electron chi connectivity index (χ2n) is 6.07. The van der Waals surface area contributed by atoms with Crippen molar-refractivity contribution in [3.63, 3.8) is 0 Å². The van der Waals surface area contributed by atoms with E-state index < -0.39 is 0 Å². The summed E-state index contributed by atoms with van der Waals surface area (Å²) in [5.74, 6) is 1.33. The molecule has 1 aromatic rings. The molecule has 5 nitrogen and oxygen atoms in total. The Kier molecular flexibility index (Phi) is 3.82. The van der Waals surface area contributed by atoms with E-state index in [4.69, 9.17) is 5.73 Å². The van der Waals surface area contributed by atoms with E-state index >= 15 is 0 Å². The number of primary amides is 1. The van der Waals surface area contributed by atoms with E-state index in [9.17, 15) is 4.79 Å². The van der Waals surface area contributed by atoms with Crippen LogP contribution in [0, 0.1) is 5.92 Å². The van der Waals surface area contributed by atoms with Crippen molar-refractivity contribution in [1.29, 1.82) is 0 Å². The number of benzene rings is 1. The van der Waals surface area contributed by atoms with Gasteiger partial charge in [0.05, 0.1) is 12.6 Å². The van der Waals surface area contributed by atoms with Gasteiger partial charge in [0, 0.05) is 18.7 Å². The Balaban J connectivity index is 1.63. The van der Waals surface area contributed by atoms with Gasteiger partial charge in [0.15, 0.2) is 5.96 Å². The maximum Gasteiger partial charge on any atom is 0.248 e. The van der Waals surface area contributed by atoms with Crippen LogP contribution in [0.15, 0.2) is 29.3 Å². The Morgan fingerprint density at radius 1 is 1.48 bits per heavy atom. The highest BCUT2D eigenvalue weighted by atomic mass is 16.1. The van der Waals surface area contributed by atoms with Crippen LogP contribution in [-0.2, 0) is 6.54 Å². The number of amides is 1. The van der Waals surface area contributed by atoms with E-state index in [1.54, 1.807) is 6.07 Å². The molecule has 0 aromatic heterocycles. The highest BCUT2D eigenvalue weighted by molar-refractivity contribution is 5.92. The first-order chi connectivity index (χ1) is 10.1.